The van der Waals surface area contributed by atoms with Crippen molar-refractivity contribution >= 4 is 21.6 Å². The van der Waals surface area contributed by atoms with E-state index in [2.05, 4.69) is 35.9 Å². The number of fused-ring (bicyclic) bond motifs is 3. The van der Waals surface area contributed by atoms with Crippen molar-refractivity contribution < 1.29 is 9.47 Å². The van der Waals surface area contributed by atoms with Crippen LogP contribution in [0.4, 0.5) is 0 Å². The van der Waals surface area contributed by atoms with Crippen LogP contribution in [0.5, 0.6) is 5.88 Å². The molecule has 0 aliphatic heterocycles. The van der Waals surface area contributed by atoms with Gasteiger partial charge >= 0.3 is 0 Å². The van der Waals surface area contributed by atoms with Gasteiger partial charge in [-0.2, -0.15) is 0 Å². The van der Waals surface area contributed by atoms with E-state index in [1.807, 2.05) is 18.4 Å². The Labute approximate surface area is 172 Å². The normalized spacial score (nSPS) is 26.0. The highest BCUT2D eigenvalue weighted by atomic mass is 32.1. The standard InChI is InChI=1S/C22H33N3O2S/c1-5-16(26-4)12-14-6-11-18-19(14)20-21(23-13-24-22(20)28-18)27-17-9-7-15(8-10-17)25(2)3/h13-17H,5-12H2,1-4H3/t14-,15?,16+,17?/m1/s1. The lowest BCUT2D eigenvalue weighted by Crippen LogP contribution is -2.35. The lowest BCUT2D eigenvalue weighted by Gasteiger charge is -2.32. The molecule has 0 aromatic carbocycles. The molecule has 2 aromatic heterocycles. The molecular formula is C22H33N3O2S. The summed E-state index contributed by atoms with van der Waals surface area (Å²) in [5.41, 5.74) is 1.45. The highest BCUT2D eigenvalue weighted by Gasteiger charge is 2.32. The summed E-state index contributed by atoms with van der Waals surface area (Å²) in [6, 6.07) is 0.681. The van der Waals surface area contributed by atoms with Gasteiger partial charge in [0, 0.05) is 18.0 Å². The number of nitrogens with zero attached hydrogens (tertiary/aromatic N) is 3. The van der Waals surface area contributed by atoms with Crippen LogP contribution >= 0.6 is 11.3 Å². The summed E-state index contributed by atoms with van der Waals surface area (Å²) in [4.78, 5) is 14.1. The molecule has 6 heteroatoms. The van der Waals surface area contributed by atoms with Crippen molar-refractivity contribution in [2.75, 3.05) is 21.2 Å². The lowest BCUT2D eigenvalue weighted by molar-refractivity contribution is 0.0857. The number of aromatic nitrogens is 2. The number of methoxy groups -OCH3 is 1. The Bertz CT molecular complexity index is 794. The zero-order valence-electron chi connectivity index (χ0n) is 17.6. The average molecular weight is 404 g/mol. The molecule has 154 valence electrons. The Morgan fingerprint density at radius 1 is 1.18 bits per heavy atom. The predicted octanol–water partition coefficient (Wildman–Crippen LogP) is 4.79. The zero-order valence-corrected chi connectivity index (χ0v) is 18.4. The molecule has 28 heavy (non-hydrogen) atoms. The summed E-state index contributed by atoms with van der Waals surface area (Å²) in [5, 5.41) is 1.19. The van der Waals surface area contributed by atoms with Gasteiger partial charge in [0.05, 0.1) is 11.5 Å². The van der Waals surface area contributed by atoms with E-state index in [1.54, 1.807) is 6.33 Å². The molecule has 0 bridgehead atoms. The Morgan fingerprint density at radius 3 is 2.64 bits per heavy atom. The summed E-state index contributed by atoms with van der Waals surface area (Å²) in [5.74, 6) is 1.35. The molecule has 0 amide bonds. The van der Waals surface area contributed by atoms with Gasteiger partial charge in [-0.25, -0.2) is 9.97 Å². The van der Waals surface area contributed by atoms with Crippen molar-refractivity contribution in [1.82, 2.24) is 14.9 Å². The Balaban J connectivity index is 1.57. The number of rotatable bonds is 7. The number of hydrogen-bond acceptors (Lipinski definition) is 6. The topological polar surface area (TPSA) is 47.5 Å². The van der Waals surface area contributed by atoms with Gasteiger partial charge in [0.1, 0.15) is 17.3 Å². The van der Waals surface area contributed by atoms with Gasteiger partial charge in [0.2, 0.25) is 5.88 Å². The number of aryl methyl sites for hydroxylation is 1. The van der Waals surface area contributed by atoms with Gasteiger partial charge in [0.25, 0.3) is 0 Å². The van der Waals surface area contributed by atoms with Gasteiger partial charge in [-0.15, -0.1) is 11.3 Å². The molecule has 4 rings (SSSR count). The Morgan fingerprint density at radius 2 is 1.96 bits per heavy atom. The van der Waals surface area contributed by atoms with E-state index in [-0.39, 0.29) is 6.10 Å². The quantitative estimate of drug-likeness (QED) is 0.665. The van der Waals surface area contributed by atoms with Crippen LogP contribution in [0.3, 0.4) is 0 Å². The third-order valence-corrected chi connectivity index (χ3v) is 7.86. The van der Waals surface area contributed by atoms with E-state index in [9.17, 15) is 0 Å². The summed E-state index contributed by atoms with van der Waals surface area (Å²) in [7, 11) is 6.19. The fourth-order valence-electron chi connectivity index (χ4n) is 4.95. The highest BCUT2D eigenvalue weighted by molar-refractivity contribution is 7.19. The molecule has 5 nitrogen and oxygen atoms in total. The minimum atomic E-state index is 0.270. The number of ether oxygens (including phenoxy) is 2. The molecule has 0 spiro atoms. The molecule has 0 saturated heterocycles. The second kappa shape index (κ2) is 8.64. The van der Waals surface area contributed by atoms with Crippen molar-refractivity contribution in [3.8, 4) is 5.88 Å². The van der Waals surface area contributed by atoms with Gasteiger partial charge in [0.15, 0.2) is 0 Å². The van der Waals surface area contributed by atoms with E-state index in [4.69, 9.17) is 9.47 Å². The third kappa shape index (κ3) is 3.91. The van der Waals surface area contributed by atoms with E-state index >= 15 is 0 Å². The van der Waals surface area contributed by atoms with Crippen LogP contribution in [0, 0.1) is 0 Å². The summed E-state index contributed by atoms with van der Waals surface area (Å²) < 4.78 is 12.2. The minimum absolute atomic E-state index is 0.270. The van der Waals surface area contributed by atoms with Gasteiger partial charge in [-0.1, -0.05) is 6.92 Å². The van der Waals surface area contributed by atoms with Crippen molar-refractivity contribution in [3.05, 3.63) is 16.8 Å². The Hall–Kier alpha value is -1.24. The van der Waals surface area contributed by atoms with Crippen LogP contribution < -0.4 is 4.74 Å². The van der Waals surface area contributed by atoms with Crippen LogP contribution in [-0.2, 0) is 11.2 Å². The maximum absolute atomic E-state index is 6.49. The van der Waals surface area contributed by atoms with Crippen molar-refractivity contribution in [1.29, 1.82) is 0 Å². The highest BCUT2D eigenvalue weighted by Crippen LogP contribution is 2.48. The van der Waals surface area contributed by atoms with Gasteiger partial charge < -0.3 is 14.4 Å². The summed E-state index contributed by atoms with van der Waals surface area (Å²) in [6.07, 6.45) is 11.4. The SMILES string of the molecule is CC[C@@H](C[C@H]1CCc2sc3ncnc(OC4CCC(N(C)C)CC4)c3c21)OC. The number of hydrogen-bond donors (Lipinski definition) is 0. The van der Waals surface area contributed by atoms with Crippen LogP contribution in [0.15, 0.2) is 6.33 Å². The summed E-state index contributed by atoms with van der Waals surface area (Å²) in [6.45, 7) is 2.21. The maximum atomic E-state index is 6.49. The van der Waals surface area contributed by atoms with E-state index < -0.39 is 0 Å². The predicted molar refractivity (Wildman–Crippen MR) is 115 cm³/mol. The van der Waals surface area contributed by atoms with E-state index in [1.165, 1.54) is 35.1 Å². The second-order valence-corrected chi connectivity index (χ2v) is 9.63. The molecule has 2 aliphatic carbocycles. The van der Waals surface area contributed by atoms with E-state index in [0.717, 1.165) is 42.8 Å². The molecule has 2 aromatic rings. The lowest BCUT2D eigenvalue weighted by atomic mass is 9.92. The average Bonchev–Trinajstić information content (AvgIpc) is 3.26. The molecular weight excluding hydrogens is 370 g/mol. The first-order chi connectivity index (χ1) is 13.6. The second-order valence-electron chi connectivity index (χ2n) is 8.55. The minimum Gasteiger partial charge on any atom is -0.474 e. The first-order valence-electron chi connectivity index (χ1n) is 10.7. The molecule has 2 aliphatic rings. The molecule has 2 heterocycles. The molecule has 1 saturated carbocycles. The molecule has 0 unspecified atom stereocenters. The monoisotopic (exact) mass is 403 g/mol. The maximum Gasteiger partial charge on any atom is 0.225 e. The van der Waals surface area contributed by atoms with Gasteiger partial charge in [-0.3, -0.25) is 0 Å². The van der Waals surface area contributed by atoms with Crippen LogP contribution in [-0.4, -0.2) is 54.3 Å². The van der Waals surface area contributed by atoms with Crippen molar-refractivity contribution in [2.24, 2.45) is 0 Å². The fraction of sp³-hybridized carbons (Fsp3) is 0.727. The summed E-state index contributed by atoms with van der Waals surface area (Å²) >= 11 is 1.83. The van der Waals surface area contributed by atoms with Crippen LogP contribution in [0.25, 0.3) is 10.2 Å². The molecule has 2 atom stereocenters. The number of thiophene rings is 1. The molecule has 0 N–H and O–H groups in total. The largest absolute Gasteiger partial charge is 0.474 e. The first-order valence-corrected chi connectivity index (χ1v) is 11.5. The smallest absolute Gasteiger partial charge is 0.225 e. The Kier molecular flexibility index (Phi) is 6.18. The zero-order chi connectivity index (χ0) is 19.7. The first kappa shape index (κ1) is 20.0. The van der Waals surface area contributed by atoms with E-state index in [0.29, 0.717) is 18.1 Å². The van der Waals surface area contributed by atoms with Crippen molar-refractivity contribution in [3.63, 3.8) is 0 Å². The van der Waals surface area contributed by atoms with Crippen LogP contribution in [0.2, 0.25) is 0 Å². The van der Waals surface area contributed by atoms with Crippen LogP contribution in [0.1, 0.15) is 68.2 Å². The third-order valence-electron chi connectivity index (χ3n) is 6.68. The molecule has 0 radical (unpaired) electrons. The molecule has 1 fully saturated rings. The van der Waals surface area contributed by atoms with Crippen molar-refractivity contribution in [2.45, 2.75) is 82.5 Å². The fourth-order valence-corrected chi connectivity index (χ4v) is 6.18. The van der Waals surface area contributed by atoms with Gasteiger partial charge in [-0.05, 0) is 76.9 Å².